The first-order valence-electron chi connectivity index (χ1n) is 11.1. The highest BCUT2D eigenvalue weighted by molar-refractivity contribution is 5.76. The molecule has 2 aromatic heterocycles. The maximum Gasteiger partial charge on any atom is 0.222 e. The second-order valence-electron chi connectivity index (χ2n) is 8.01. The molecule has 1 aromatic carbocycles. The molecule has 0 spiro atoms. The number of aromatic nitrogens is 3. The van der Waals surface area contributed by atoms with E-state index in [1.165, 1.54) is 5.56 Å². The number of piperidine rings is 1. The summed E-state index contributed by atoms with van der Waals surface area (Å²) in [4.78, 5) is 24.2. The Morgan fingerprint density at radius 2 is 2.00 bits per heavy atom. The molecule has 3 heterocycles. The van der Waals surface area contributed by atoms with Crippen LogP contribution in [0.1, 0.15) is 55.6 Å². The molecule has 1 saturated heterocycles. The third-order valence-electron chi connectivity index (χ3n) is 5.93. The minimum absolute atomic E-state index is 0.273. The lowest BCUT2D eigenvalue weighted by molar-refractivity contribution is -0.132. The van der Waals surface area contributed by atoms with Gasteiger partial charge in [-0.1, -0.05) is 43.3 Å². The van der Waals surface area contributed by atoms with E-state index in [4.69, 9.17) is 4.98 Å². The SMILES string of the molecule is CCc1nccn1-c1cccc([C@H]2CCCN(C(=O)CCCc3ccccc3)C2)n1. The molecular weight excluding hydrogens is 372 g/mol. The first-order chi connectivity index (χ1) is 14.7. The van der Waals surface area contributed by atoms with Crippen LogP contribution in [-0.4, -0.2) is 38.4 Å². The van der Waals surface area contributed by atoms with Crippen LogP contribution in [-0.2, 0) is 17.6 Å². The van der Waals surface area contributed by atoms with Crippen molar-refractivity contribution in [3.63, 3.8) is 0 Å². The number of likely N-dealkylation sites (tertiary alicyclic amines) is 1. The van der Waals surface area contributed by atoms with Gasteiger partial charge < -0.3 is 4.90 Å². The first kappa shape index (κ1) is 20.3. The summed E-state index contributed by atoms with van der Waals surface area (Å²) < 4.78 is 2.05. The van der Waals surface area contributed by atoms with E-state index in [9.17, 15) is 4.79 Å². The molecule has 4 rings (SSSR count). The summed E-state index contributed by atoms with van der Waals surface area (Å²) in [5, 5.41) is 0. The van der Waals surface area contributed by atoms with Gasteiger partial charge in [-0.2, -0.15) is 0 Å². The normalized spacial score (nSPS) is 16.6. The van der Waals surface area contributed by atoms with E-state index in [1.54, 1.807) is 0 Å². The second kappa shape index (κ2) is 9.70. The van der Waals surface area contributed by atoms with Gasteiger partial charge in [-0.25, -0.2) is 9.97 Å². The van der Waals surface area contributed by atoms with E-state index in [-0.39, 0.29) is 5.91 Å². The summed E-state index contributed by atoms with van der Waals surface area (Å²) in [5.41, 5.74) is 2.37. The van der Waals surface area contributed by atoms with Gasteiger partial charge in [0.15, 0.2) is 0 Å². The third-order valence-corrected chi connectivity index (χ3v) is 5.93. The number of imidazole rings is 1. The lowest BCUT2D eigenvalue weighted by Gasteiger charge is -2.32. The van der Waals surface area contributed by atoms with Crippen molar-refractivity contribution in [1.82, 2.24) is 19.4 Å². The number of carbonyl (C=O) groups excluding carboxylic acids is 1. The minimum Gasteiger partial charge on any atom is -0.342 e. The summed E-state index contributed by atoms with van der Waals surface area (Å²) in [6.45, 7) is 3.73. The Hall–Kier alpha value is -2.95. The summed E-state index contributed by atoms with van der Waals surface area (Å²) in [7, 11) is 0. The average molecular weight is 403 g/mol. The van der Waals surface area contributed by atoms with Gasteiger partial charge in [0.1, 0.15) is 11.6 Å². The molecule has 156 valence electrons. The van der Waals surface area contributed by atoms with E-state index < -0.39 is 0 Å². The van der Waals surface area contributed by atoms with Crippen molar-refractivity contribution < 1.29 is 4.79 Å². The van der Waals surface area contributed by atoms with E-state index in [2.05, 4.69) is 52.9 Å². The summed E-state index contributed by atoms with van der Waals surface area (Å²) in [5.74, 6) is 2.49. The highest BCUT2D eigenvalue weighted by atomic mass is 16.2. The fourth-order valence-corrected chi connectivity index (χ4v) is 4.30. The molecule has 3 aromatic rings. The lowest BCUT2D eigenvalue weighted by Crippen LogP contribution is -2.39. The molecule has 0 bridgehead atoms. The quantitative estimate of drug-likeness (QED) is 0.582. The Bertz CT molecular complexity index is 966. The molecule has 0 unspecified atom stereocenters. The van der Waals surface area contributed by atoms with Crippen LogP contribution in [0.15, 0.2) is 60.9 Å². The highest BCUT2D eigenvalue weighted by Gasteiger charge is 2.25. The predicted octanol–water partition coefficient (Wildman–Crippen LogP) is 4.56. The van der Waals surface area contributed by atoms with Gasteiger partial charge in [0, 0.05) is 49.9 Å². The van der Waals surface area contributed by atoms with Crippen molar-refractivity contribution in [2.75, 3.05) is 13.1 Å². The van der Waals surface area contributed by atoms with E-state index >= 15 is 0 Å². The number of pyridine rings is 1. The lowest BCUT2D eigenvalue weighted by atomic mass is 9.94. The highest BCUT2D eigenvalue weighted by Crippen LogP contribution is 2.27. The summed E-state index contributed by atoms with van der Waals surface area (Å²) in [6.07, 6.45) is 9.24. The molecule has 0 aliphatic carbocycles. The molecule has 1 aliphatic heterocycles. The number of aryl methyl sites for hydroxylation is 2. The Balaban J connectivity index is 1.38. The molecule has 30 heavy (non-hydrogen) atoms. The molecule has 0 saturated carbocycles. The fourth-order valence-electron chi connectivity index (χ4n) is 4.30. The van der Waals surface area contributed by atoms with Crippen molar-refractivity contribution in [2.45, 2.75) is 51.4 Å². The standard InChI is InChI=1S/C25H30N4O/c1-2-23-26-16-18-29(23)24-14-7-13-22(27-24)21-12-8-17-28(19-21)25(30)15-6-11-20-9-4-3-5-10-20/h3-5,7,9-10,13-14,16,18,21H,2,6,8,11-12,15,17,19H2,1H3/t21-/m0/s1. The summed E-state index contributed by atoms with van der Waals surface area (Å²) in [6, 6.07) is 16.6. The molecule has 0 N–H and O–H groups in total. The summed E-state index contributed by atoms with van der Waals surface area (Å²) >= 11 is 0. The zero-order valence-corrected chi connectivity index (χ0v) is 17.7. The third kappa shape index (κ3) is 4.78. The van der Waals surface area contributed by atoms with Crippen LogP contribution < -0.4 is 0 Å². The van der Waals surface area contributed by atoms with Crippen LogP contribution in [0, 0.1) is 0 Å². The minimum atomic E-state index is 0.273. The van der Waals surface area contributed by atoms with Gasteiger partial charge in [-0.15, -0.1) is 0 Å². The predicted molar refractivity (Wildman–Crippen MR) is 119 cm³/mol. The van der Waals surface area contributed by atoms with Gasteiger partial charge in [-0.3, -0.25) is 9.36 Å². The first-order valence-corrected chi connectivity index (χ1v) is 11.1. The van der Waals surface area contributed by atoms with E-state index in [0.29, 0.717) is 12.3 Å². The average Bonchev–Trinajstić information content (AvgIpc) is 3.29. The number of amides is 1. The van der Waals surface area contributed by atoms with Crippen molar-refractivity contribution in [3.05, 3.63) is 78.0 Å². The Kier molecular flexibility index (Phi) is 6.57. The molecule has 1 amide bonds. The van der Waals surface area contributed by atoms with Crippen LogP contribution in [0.5, 0.6) is 0 Å². The molecule has 1 fully saturated rings. The van der Waals surface area contributed by atoms with Gasteiger partial charge >= 0.3 is 0 Å². The van der Waals surface area contributed by atoms with Crippen LogP contribution >= 0.6 is 0 Å². The second-order valence-corrected chi connectivity index (χ2v) is 8.01. The van der Waals surface area contributed by atoms with Crippen LogP contribution in [0.3, 0.4) is 0 Å². The number of hydrogen-bond acceptors (Lipinski definition) is 3. The topological polar surface area (TPSA) is 51.0 Å². The van der Waals surface area contributed by atoms with Crippen LogP contribution in [0.2, 0.25) is 0 Å². The van der Waals surface area contributed by atoms with Crippen LogP contribution in [0.25, 0.3) is 5.82 Å². The zero-order valence-electron chi connectivity index (χ0n) is 17.7. The molecule has 1 aliphatic rings. The van der Waals surface area contributed by atoms with Crippen molar-refractivity contribution in [1.29, 1.82) is 0 Å². The van der Waals surface area contributed by atoms with Crippen molar-refractivity contribution in [3.8, 4) is 5.82 Å². The fraction of sp³-hybridized carbons (Fsp3) is 0.400. The molecular formula is C25H30N4O. The smallest absolute Gasteiger partial charge is 0.222 e. The number of carbonyl (C=O) groups is 1. The molecule has 0 radical (unpaired) electrons. The van der Waals surface area contributed by atoms with Crippen molar-refractivity contribution in [2.24, 2.45) is 0 Å². The number of rotatable bonds is 7. The number of hydrogen-bond donors (Lipinski definition) is 0. The molecule has 5 nitrogen and oxygen atoms in total. The van der Waals surface area contributed by atoms with Crippen LogP contribution in [0.4, 0.5) is 0 Å². The van der Waals surface area contributed by atoms with Gasteiger partial charge in [-0.05, 0) is 43.4 Å². The molecule has 5 heteroatoms. The Labute approximate surface area is 178 Å². The molecule has 1 atom stereocenters. The van der Waals surface area contributed by atoms with E-state index in [1.807, 2.05) is 29.4 Å². The largest absolute Gasteiger partial charge is 0.342 e. The Morgan fingerprint density at radius 3 is 2.83 bits per heavy atom. The van der Waals surface area contributed by atoms with E-state index in [0.717, 1.165) is 62.5 Å². The maximum absolute atomic E-state index is 12.8. The monoisotopic (exact) mass is 402 g/mol. The number of benzene rings is 1. The van der Waals surface area contributed by atoms with Crippen molar-refractivity contribution >= 4 is 5.91 Å². The van der Waals surface area contributed by atoms with Gasteiger partial charge in [0.25, 0.3) is 0 Å². The van der Waals surface area contributed by atoms with Gasteiger partial charge in [0.2, 0.25) is 5.91 Å². The van der Waals surface area contributed by atoms with Gasteiger partial charge in [0.05, 0.1) is 0 Å². The number of nitrogens with zero attached hydrogens (tertiary/aromatic N) is 4. The zero-order chi connectivity index (χ0) is 20.8. The maximum atomic E-state index is 12.8. The Morgan fingerprint density at radius 1 is 1.13 bits per heavy atom.